The molecule has 0 radical (unpaired) electrons. The number of nitriles is 1. The number of piperidine rings is 1. The summed E-state index contributed by atoms with van der Waals surface area (Å²) in [5.41, 5.74) is 2.85. The minimum Gasteiger partial charge on any atom is -0.453 e. The summed E-state index contributed by atoms with van der Waals surface area (Å²) in [6.45, 7) is 3.25. The molecule has 0 bridgehead atoms. The van der Waals surface area contributed by atoms with Crippen LogP contribution < -0.4 is 30.1 Å². The number of alkyl halides is 1. The van der Waals surface area contributed by atoms with Gasteiger partial charge < -0.3 is 24.3 Å². The minimum atomic E-state index is -4.25. The van der Waals surface area contributed by atoms with Crippen molar-refractivity contribution in [3.8, 4) is 23.3 Å². The molecule has 5 aromatic rings. The second kappa shape index (κ2) is 17.1. The predicted octanol–water partition coefficient (Wildman–Crippen LogP) is 3.44. The highest BCUT2D eigenvalue weighted by atomic mass is 32.2. The van der Waals surface area contributed by atoms with Gasteiger partial charge in [-0.25, -0.2) is 13.8 Å². The van der Waals surface area contributed by atoms with Crippen LogP contribution in [0, 0.1) is 23.1 Å². The monoisotopic (exact) mass is 932 g/mol. The molecular weight excluding hydrogens is 891 g/mol. The van der Waals surface area contributed by atoms with Crippen LogP contribution in [0.3, 0.4) is 0 Å². The Morgan fingerprint density at radius 1 is 0.866 bits per heavy atom. The van der Waals surface area contributed by atoms with Crippen LogP contribution in [0.25, 0.3) is 16.6 Å². The van der Waals surface area contributed by atoms with Crippen molar-refractivity contribution in [2.24, 2.45) is 5.92 Å². The van der Waals surface area contributed by atoms with E-state index in [4.69, 9.17) is 4.74 Å². The largest absolute Gasteiger partial charge is 0.453 e. The van der Waals surface area contributed by atoms with Crippen molar-refractivity contribution in [1.82, 2.24) is 29.0 Å². The predicted molar refractivity (Wildman–Crippen MR) is 239 cm³/mol. The van der Waals surface area contributed by atoms with Crippen molar-refractivity contribution in [3.05, 3.63) is 112 Å². The number of ether oxygens (including phenoxy) is 1. The second-order valence-electron chi connectivity index (χ2n) is 17.1. The molecule has 2 N–H and O–H groups in total. The van der Waals surface area contributed by atoms with Gasteiger partial charge in [0.2, 0.25) is 17.7 Å². The summed E-state index contributed by atoms with van der Waals surface area (Å²) in [6.07, 6.45) is 0.587. The van der Waals surface area contributed by atoms with E-state index in [0.717, 1.165) is 33.4 Å². The molecule has 6 heterocycles. The molecule has 4 amide bonds. The van der Waals surface area contributed by atoms with Crippen molar-refractivity contribution in [2.45, 2.75) is 38.0 Å². The average molecular weight is 933 g/mol. The molecule has 67 heavy (non-hydrogen) atoms. The molecule has 0 aliphatic carbocycles. The number of hydrogen-bond donors (Lipinski definition) is 2. The first kappa shape index (κ1) is 43.5. The van der Waals surface area contributed by atoms with Crippen molar-refractivity contribution in [1.29, 1.82) is 5.26 Å². The van der Waals surface area contributed by atoms with Crippen LogP contribution in [-0.2, 0) is 31.1 Å². The number of imide groups is 1. The number of carbonyl (C=O) groups excluding carboxylic acids is 4. The van der Waals surface area contributed by atoms with Gasteiger partial charge in [0.05, 0.1) is 28.2 Å². The van der Waals surface area contributed by atoms with Gasteiger partial charge >= 0.3 is 10.2 Å². The first-order chi connectivity index (χ1) is 32.2. The lowest BCUT2D eigenvalue weighted by Crippen LogP contribution is -2.58. The van der Waals surface area contributed by atoms with Crippen LogP contribution in [0.1, 0.15) is 40.7 Å². The number of nitrogens with one attached hydrogen (secondary N) is 2. The van der Waals surface area contributed by atoms with Crippen molar-refractivity contribution < 1.29 is 41.1 Å². The van der Waals surface area contributed by atoms with Gasteiger partial charge in [-0.2, -0.15) is 18.0 Å². The SMILES string of the molecule is N#Cc1c(NS(=O)(=O)N2CC[C@@H](F)C2)ccc(F)c1Oc1ccc2ncn(-c3ccc(N4CCN(C(=O)C5CN(c6ccc7c(c6)CN([C@H]6CCC(=O)NC6=O)C7=O)C5)CC4)cc3)c(=O)c2c1. The van der Waals surface area contributed by atoms with E-state index in [0.29, 0.717) is 62.5 Å². The van der Waals surface area contributed by atoms with Gasteiger partial charge in [-0.15, -0.1) is 0 Å². The molecule has 2 atom stereocenters. The summed E-state index contributed by atoms with van der Waals surface area (Å²) in [6, 6.07) is 20.3. The fourth-order valence-electron chi connectivity index (χ4n) is 9.30. The first-order valence-corrected chi connectivity index (χ1v) is 23.2. The van der Waals surface area contributed by atoms with E-state index < -0.39 is 51.0 Å². The second-order valence-corrected chi connectivity index (χ2v) is 18.8. The van der Waals surface area contributed by atoms with Crippen LogP contribution in [0.4, 0.5) is 25.8 Å². The van der Waals surface area contributed by atoms with Crippen molar-refractivity contribution >= 4 is 61.8 Å². The van der Waals surface area contributed by atoms with Crippen LogP contribution >= 0.6 is 0 Å². The van der Waals surface area contributed by atoms with Crippen LogP contribution in [-0.4, -0.2) is 120 Å². The van der Waals surface area contributed by atoms with Gasteiger partial charge in [0.25, 0.3) is 11.5 Å². The third-order valence-electron chi connectivity index (χ3n) is 13.0. The Morgan fingerprint density at radius 2 is 1.61 bits per heavy atom. The number of nitrogens with zero attached hydrogens (tertiary/aromatic N) is 8. The Kier molecular flexibility index (Phi) is 11.1. The van der Waals surface area contributed by atoms with Gasteiger partial charge in [-0.05, 0) is 91.2 Å². The van der Waals surface area contributed by atoms with E-state index in [2.05, 4.69) is 24.8 Å². The molecule has 4 saturated heterocycles. The third-order valence-corrected chi connectivity index (χ3v) is 14.5. The smallest absolute Gasteiger partial charge is 0.301 e. The zero-order valence-electron chi connectivity index (χ0n) is 35.7. The number of hydrogen-bond acceptors (Lipinski definition) is 12. The number of halogens is 2. The number of rotatable bonds is 10. The van der Waals surface area contributed by atoms with Crippen LogP contribution in [0.15, 0.2) is 83.9 Å². The van der Waals surface area contributed by atoms with E-state index >= 15 is 4.39 Å². The summed E-state index contributed by atoms with van der Waals surface area (Å²) in [5, 5.41) is 12.4. The fraction of sp³-hybridized carbons (Fsp3) is 0.326. The highest BCUT2D eigenvalue weighted by molar-refractivity contribution is 7.90. The van der Waals surface area contributed by atoms with Gasteiger partial charge in [0.15, 0.2) is 11.6 Å². The molecule has 0 saturated carbocycles. The molecule has 21 heteroatoms. The number of benzene rings is 4. The molecule has 344 valence electrons. The lowest BCUT2D eigenvalue weighted by atomic mass is 9.96. The molecule has 18 nitrogen and oxygen atoms in total. The molecule has 1 aromatic heterocycles. The lowest BCUT2D eigenvalue weighted by molar-refractivity contribution is -0.137. The summed E-state index contributed by atoms with van der Waals surface area (Å²) in [5.74, 6) is -2.63. The van der Waals surface area contributed by atoms with Crippen LogP contribution in [0.2, 0.25) is 0 Å². The Hall–Kier alpha value is -7.44. The van der Waals surface area contributed by atoms with E-state index in [9.17, 15) is 42.0 Å². The molecule has 5 aliphatic heterocycles. The van der Waals surface area contributed by atoms with E-state index in [1.54, 1.807) is 24.3 Å². The molecule has 0 unspecified atom stereocenters. The first-order valence-electron chi connectivity index (χ1n) is 21.7. The minimum absolute atomic E-state index is 0.0126. The van der Waals surface area contributed by atoms with Gasteiger partial charge in [0, 0.05) is 82.3 Å². The zero-order valence-corrected chi connectivity index (χ0v) is 36.5. The molecule has 0 spiro atoms. The van der Waals surface area contributed by atoms with Gasteiger partial charge in [-0.1, -0.05) is 0 Å². The lowest BCUT2D eigenvalue weighted by Gasteiger charge is -2.44. The number of fused-ring (bicyclic) bond motifs is 2. The quantitative estimate of drug-likeness (QED) is 0.193. The van der Waals surface area contributed by atoms with Crippen molar-refractivity contribution in [2.75, 3.05) is 66.9 Å². The van der Waals surface area contributed by atoms with Crippen molar-refractivity contribution in [3.63, 3.8) is 0 Å². The maximum atomic E-state index is 15.2. The molecule has 4 fully saturated rings. The number of aromatic nitrogens is 2. The Morgan fingerprint density at radius 3 is 2.33 bits per heavy atom. The maximum absolute atomic E-state index is 15.2. The normalized spacial score (nSPS) is 20.2. The molecular formula is C46H42F2N10O8S. The topological polar surface area (TPSA) is 211 Å². The summed E-state index contributed by atoms with van der Waals surface area (Å²) < 4.78 is 65.0. The highest BCUT2D eigenvalue weighted by Gasteiger charge is 2.41. The molecule has 4 aromatic carbocycles. The summed E-state index contributed by atoms with van der Waals surface area (Å²) in [7, 11) is -4.25. The number of amides is 4. The summed E-state index contributed by atoms with van der Waals surface area (Å²) in [4.78, 5) is 76.7. The average Bonchev–Trinajstić information content (AvgIpc) is 3.90. The maximum Gasteiger partial charge on any atom is 0.301 e. The fourth-order valence-corrected chi connectivity index (χ4v) is 10.6. The van der Waals surface area contributed by atoms with E-state index in [-0.39, 0.29) is 72.9 Å². The Balaban J connectivity index is 0.753. The zero-order chi connectivity index (χ0) is 46.7. The molecule has 5 aliphatic rings. The number of anilines is 3. The number of carbonyl (C=O) groups is 4. The summed E-state index contributed by atoms with van der Waals surface area (Å²) >= 11 is 0. The highest BCUT2D eigenvalue weighted by Crippen LogP contribution is 2.36. The number of piperazine rings is 1. The van der Waals surface area contributed by atoms with Gasteiger partial charge in [0.1, 0.15) is 35.9 Å². The Labute approximate surface area is 382 Å². The third kappa shape index (κ3) is 8.16. The van der Waals surface area contributed by atoms with Gasteiger partial charge in [-0.3, -0.25) is 38.6 Å². The standard InChI is InChI=1S/C46H42F2N10O8S/c47-29-13-14-56(25-29)67(64,65)52-39-10-8-37(48)42(36(39)21-49)66-33-6-9-38-35(20-33)46(63)58(26-50-38)31-3-1-30(2-4-31)53-15-17-54(18-16-53)44(61)28-22-55(23-28)32-5-7-34-27(19-32)24-57(45(34)62)40-11-12-41(59)51-43(40)60/h1-10,19-20,26,28-29,40,52H,11-18,22-25H2,(H,51,59,60)/t29-,40+/m1/s1. The van der Waals surface area contributed by atoms with E-state index in [1.807, 2.05) is 29.2 Å². The Bertz CT molecular complexity index is 3100. The van der Waals surface area contributed by atoms with E-state index in [1.165, 1.54) is 34.0 Å². The molecule has 10 rings (SSSR count). The van der Waals surface area contributed by atoms with Crippen LogP contribution in [0.5, 0.6) is 11.5 Å².